The minimum atomic E-state index is -0.254. The Kier molecular flexibility index (Phi) is 6.75. The van der Waals surface area contributed by atoms with E-state index in [2.05, 4.69) is 10.6 Å². The van der Waals surface area contributed by atoms with Gasteiger partial charge in [0, 0.05) is 32.1 Å². The first-order valence-corrected chi connectivity index (χ1v) is 7.97. The number of carbonyl (C=O) groups is 1. The van der Waals surface area contributed by atoms with Crippen LogP contribution in [0.4, 0.5) is 4.39 Å². The molecular weight excluding hydrogens is 307 g/mol. The van der Waals surface area contributed by atoms with E-state index in [9.17, 15) is 9.18 Å². The van der Waals surface area contributed by atoms with E-state index in [1.165, 1.54) is 13.0 Å². The lowest BCUT2D eigenvalue weighted by Gasteiger charge is -2.12. The van der Waals surface area contributed by atoms with Crippen LogP contribution in [0.3, 0.4) is 0 Å². The largest absolute Gasteiger partial charge is 0.489 e. The molecule has 24 heavy (non-hydrogen) atoms. The fourth-order valence-electron chi connectivity index (χ4n) is 2.31. The summed E-state index contributed by atoms with van der Waals surface area (Å²) in [6.45, 7) is 5.72. The number of hydrogen-bond donors (Lipinski definition) is 2. The van der Waals surface area contributed by atoms with Crippen molar-refractivity contribution < 1.29 is 13.9 Å². The summed E-state index contributed by atoms with van der Waals surface area (Å²) < 4.78 is 19.3. The van der Waals surface area contributed by atoms with Crippen molar-refractivity contribution in [2.45, 2.75) is 27.0 Å². The van der Waals surface area contributed by atoms with E-state index in [-0.39, 0.29) is 18.3 Å². The van der Waals surface area contributed by atoms with Gasteiger partial charge in [-0.25, -0.2) is 4.39 Å². The van der Waals surface area contributed by atoms with Crippen LogP contribution in [0.15, 0.2) is 42.5 Å². The second-order valence-corrected chi connectivity index (χ2v) is 5.64. The number of nitrogens with one attached hydrogen (secondary N) is 2. The summed E-state index contributed by atoms with van der Waals surface area (Å²) in [6, 6.07) is 12.5. The quantitative estimate of drug-likeness (QED) is 0.732. The lowest BCUT2D eigenvalue weighted by atomic mass is 10.1. The molecule has 0 fully saturated rings. The third kappa shape index (κ3) is 5.66. The van der Waals surface area contributed by atoms with Gasteiger partial charge in [-0.15, -0.1) is 0 Å². The van der Waals surface area contributed by atoms with Crippen molar-refractivity contribution in [2.24, 2.45) is 0 Å². The summed E-state index contributed by atoms with van der Waals surface area (Å²) in [5.74, 6) is 0.472. The van der Waals surface area contributed by atoms with Gasteiger partial charge in [-0.1, -0.05) is 30.3 Å². The summed E-state index contributed by atoms with van der Waals surface area (Å²) in [5.41, 5.74) is 2.68. The van der Waals surface area contributed by atoms with Crippen LogP contribution in [0, 0.1) is 12.7 Å². The van der Waals surface area contributed by atoms with Gasteiger partial charge >= 0.3 is 0 Å². The molecule has 0 aliphatic carbocycles. The van der Waals surface area contributed by atoms with Gasteiger partial charge < -0.3 is 15.4 Å². The minimum Gasteiger partial charge on any atom is -0.489 e. The van der Waals surface area contributed by atoms with Crippen molar-refractivity contribution in [2.75, 3.05) is 13.1 Å². The van der Waals surface area contributed by atoms with Gasteiger partial charge in [0.25, 0.3) is 0 Å². The molecule has 0 aliphatic heterocycles. The van der Waals surface area contributed by atoms with Crippen molar-refractivity contribution >= 4 is 5.91 Å². The Morgan fingerprint density at radius 1 is 1.17 bits per heavy atom. The van der Waals surface area contributed by atoms with Crippen molar-refractivity contribution in [3.63, 3.8) is 0 Å². The molecule has 4 nitrogen and oxygen atoms in total. The standard InChI is InChI=1S/C19H23FN2O2/c1-14-11-16(12-21-9-10-22-15(2)23)7-8-19(14)24-13-17-5-3-4-6-18(17)20/h3-8,11,21H,9-10,12-13H2,1-2H3,(H,22,23). The second kappa shape index (κ2) is 9.03. The highest BCUT2D eigenvalue weighted by atomic mass is 19.1. The number of amides is 1. The first-order valence-electron chi connectivity index (χ1n) is 7.97. The van der Waals surface area contributed by atoms with Crippen LogP contribution in [-0.2, 0) is 17.9 Å². The van der Waals surface area contributed by atoms with Gasteiger partial charge in [0.2, 0.25) is 5.91 Å². The maximum Gasteiger partial charge on any atom is 0.216 e. The number of hydrogen-bond acceptors (Lipinski definition) is 3. The van der Waals surface area contributed by atoms with Crippen molar-refractivity contribution in [3.05, 3.63) is 65.0 Å². The molecular formula is C19H23FN2O2. The summed E-state index contributed by atoms with van der Waals surface area (Å²) in [7, 11) is 0. The molecule has 0 aliphatic rings. The topological polar surface area (TPSA) is 50.4 Å². The predicted molar refractivity (Wildman–Crippen MR) is 92.3 cm³/mol. The Morgan fingerprint density at radius 3 is 2.67 bits per heavy atom. The Morgan fingerprint density at radius 2 is 1.96 bits per heavy atom. The number of benzene rings is 2. The Bertz CT molecular complexity index is 689. The van der Waals surface area contributed by atoms with Crippen LogP contribution in [-0.4, -0.2) is 19.0 Å². The number of aryl methyl sites for hydroxylation is 1. The molecule has 0 spiro atoms. The zero-order valence-electron chi connectivity index (χ0n) is 14.1. The van der Waals surface area contributed by atoms with Crippen molar-refractivity contribution in [3.8, 4) is 5.75 Å². The van der Waals surface area contributed by atoms with E-state index in [0.29, 0.717) is 25.2 Å². The average molecular weight is 330 g/mol. The number of halogens is 1. The SMILES string of the molecule is CC(=O)NCCNCc1ccc(OCc2ccccc2F)c(C)c1. The van der Waals surface area contributed by atoms with Crippen LogP contribution >= 0.6 is 0 Å². The zero-order valence-corrected chi connectivity index (χ0v) is 14.1. The first-order chi connectivity index (χ1) is 11.6. The lowest BCUT2D eigenvalue weighted by molar-refractivity contribution is -0.118. The molecule has 0 atom stereocenters. The molecule has 1 amide bonds. The van der Waals surface area contributed by atoms with Crippen LogP contribution in [0.1, 0.15) is 23.6 Å². The van der Waals surface area contributed by atoms with Crippen LogP contribution in [0.5, 0.6) is 5.75 Å². The van der Waals surface area contributed by atoms with E-state index >= 15 is 0 Å². The maximum absolute atomic E-state index is 13.6. The first kappa shape index (κ1) is 17.9. The minimum absolute atomic E-state index is 0.0241. The second-order valence-electron chi connectivity index (χ2n) is 5.64. The van der Waals surface area contributed by atoms with Crippen LogP contribution < -0.4 is 15.4 Å². The molecule has 0 unspecified atom stereocenters. The molecule has 128 valence electrons. The Balaban J connectivity index is 1.83. The van der Waals surface area contributed by atoms with Crippen molar-refractivity contribution in [1.82, 2.24) is 10.6 Å². The average Bonchev–Trinajstić information content (AvgIpc) is 2.55. The molecule has 2 aromatic rings. The van der Waals surface area contributed by atoms with Crippen molar-refractivity contribution in [1.29, 1.82) is 0 Å². The summed E-state index contributed by atoms with van der Waals surface area (Å²) in [4.78, 5) is 10.8. The van der Waals surface area contributed by atoms with Gasteiger partial charge in [0.1, 0.15) is 18.2 Å². The highest BCUT2D eigenvalue weighted by Crippen LogP contribution is 2.21. The lowest BCUT2D eigenvalue weighted by Crippen LogP contribution is -2.29. The van der Waals surface area contributed by atoms with Crippen LogP contribution in [0.25, 0.3) is 0 Å². The Labute approximate surface area is 142 Å². The molecule has 2 N–H and O–H groups in total. The highest BCUT2D eigenvalue weighted by molar-refractivity contribution is 5.72. The maximum atomic E-state index is 13.6. The zero-order chi connectivity index (χ0) is 17.4. The fraction of sp³-hybridized carbons (Fsp3) is 0.316. The smallest absolute Gasteiger partial charge is 0.216 e. The molecule has 0 radical (unpaired) electrons. The summed E-state index contributed by atoms with van der Waals surface area (Å²) >= 11 is 0. The Hall–Kier alpha value is -2.40. The van der Waals surface area contributed by atoms with E-state index in [1.54, 1.807) is 18.2 Å². The molecule has 2 aromatic carbocycles. The molecule has 0 saturated carbocycles. The van der Waals surface area contributed by atoms with Gasteiger partial charge in [-0.2, -0.15) is 0 Å². The van der Waals surface area contributed by atoms with Gasteiger partial charge in [0.15, 0.2) is 0 Å². The monoisotopic (exact) mass is 330 g/mol. The van der Waals surface area contributed by atoms with E-state index in [1.807, 2.05) is 25.1 Å². The molecule has 0 bridgehead atoms. The molecule has 0 saturated heterocycles. The van der Waals surface area contributed by atoms with Gasteiger partial charge in [0.05, 0.1) is 0 Å². The number of ether oxygens (including phenoxy) is 1. The third-order valence-corrected chi connectivity index (χ3v) is 3.59. The van der Waals surface area contributed by atoms with Gasteiger partial charge in [-0.05, 0) is 30.2 Å². The summed E-state index contributed by atoms with van der Waals surface area (Å²) in [6.07, 6.45) is 0. The number of carbonyl (C=O) groups excluding carboxylic acids is 1. The fourth-order valence-corrected chi connectivity index (χ4v) is 2.31. The molecule has 0 aromatic heterocycles. The highest BCUT2D eigenvalue weighted by Gasteiger charge is 2.05. The van der Waals surface area contributed by atoms with Crippen LogP contribution in [0.2, 0.25) is 0 Å². The molecule has 2 rings (SSSR count). The van der Waals surface area contributed by atoms with E-state index < -0.39 is 0 Å². The van der Waals surface area contributed by atoms with Gasteiger partial charge in [-0.3, -0.25) is 4.79 Å². The van der Waals surface area contributed by atoms with E-state index in [4.69, 9.17) is 4.74 Å². The molecule has 0 heterocycles. The molecule has 5 heteroatoms. The normalized spacial score (nSPS) is 10.5. The third-order valence-electron chi connectivity index (χ3n) is 3.59. The van der Waals surface area contributed by atoms with E-state index in [0.717, 1.165) is 16.9 Å². The number of rotatable bonds is 8. The predicted octanol–water partition coefficient (Wildman–Crippen LogP) is 2.94. The summed E-state index contributed by atoms with van der Waals surface area (Å²) in [5, 5.41) is 6.00.